The molecule has 3 aromatic rings. The maximum Gasteiger partial charge on any atom is 0.253 e. The number of piperazine rings is 1. The average Bonchev–Trinajstić information content (AvgIpc) is 2.89. The first kappa shape index (κ1) is 23.5. The minimum absolute atomic E-state index is 0.0271. The Labute approximate surface area is 201 Å². The number of nitrogens with zero attached hydrogens (tertiary/aromatic N) is 2. The highest BCUT2D eigenvalue weighted by Crippen LogP contribution is 2.29. The first-order valence-electron chi connectivity index (χ1n) is 11.7. The molecule has 0 atom stereocenters. The number of ether oxygens (including phenoxy) is 3. The van der Waals surface area contributed by atoms with Crippen molar-refractivity contribution in [3.05, 3.63) is 83.4 Å². The van der Waals surface area contributed by atoms with Crippen LogP contribution in [0.15, 0.2) is 66.7 Å². The van der Waals surface area contributed by atoms with Crippen LogP contribution in [0.2, 0.25) is 0 Å². The minimum atomic E-state index is 0.0271. The Kier molecular flexibility index (Phi) is 7.58. The van der Waals surface area contributed by atoms with Crippen LogP contribution in [0.25, 0.3) is 0 Å². The second-order valence-electron chi connectivity index (χ2n) is 8.31. The van der Waals surface area contributed by atoms with Gasteiger partial charge in [-0.2, -0.15) is 0 Å². The van der Waals surface area contributed by atoms with E-state index in [0.29, 0.717) is 31.9 Å². The fourth-order valence-electron chi connectivity index (χ4n) is 4.14. The monoisotopic (exact) mass is 460 g/mol. The largest absolute Gasteiger partial charge is 0.495 e. The summed E-state index contributed by atoms with van der Waals surface area (Å²) in [5.41, 5.74) is 3.76. The molecule has 0 aliphatic carbocycles. The van der Waals surface area contributed by atoms with Gasteiger partial charge in [0.05, 0.1) is 19.4 Å². The summed E-state index contributed by atoms with van der Waals surface area (Å²) >= 11 is 0. The van der Waals surface area contributed by atoms with Gasteiger partial charge in [-0.3, -0.25) is 4.79 Å². The molecular weight excluding hydrogens is 428 g/mol. The van der Waals surface area contributed by atoms with E-state index >= 15 is 0 Å². The molecule has 1 aliphatic heterocycles. The number of aryl methyl sites for hydroxylation is 1. The van der Waals surface area contributed by atoms with Gasteiger partial charge in [-0.05, 0) is 56.3 Å². The molecule has 0 unspecified atom stereocenters. The van der Waals surface area contributed by atoms with Crippen molar-refractivity contribution in [2.24, 2.45) is 0 Å². The van der Waals surface area contributed by atoms with Crippen LogP contribution in [-0.4, -0.2) is 50.7 Å². The number of amides is 1. The summed E-state index contributed by atoms with van der Waals surface area (Å²) in [4.78, 5) is 17.5. The maximum atomic E-state index is 13.3. The van der Waals surface area contributed by atoms with E-state index in [9.17, 15) is 4.79 Å². The standard InChI is InChI=1S/C28H32N2O4/c1-4-33-26-14-11-22(19-23(26)20-34-24-12-9-21(2)10-13-24)28(31)30-17-15-29(16-18-30)25-7-5-6-8-27(25)32-3/h5-14,19H,4,15-18,20H2,1-3H3. The molecular formula is C28H32N2O4. The Bertz CT molecular complexity index is 1110. The van der Waals surface area contributed by atoms with Gasteiger partial charge in [0.1, 0.15) is 23.9 Å². The Morgan fingerprint density at radius 2 is 1.62 bits per heavy atom. The second kappa shape index (κ2) is 11.0. The smallest absolute Gasteiger partial charge is 0.253 e. The van der Waals surface area contributed by atoms with Crippen molar-refractivity contribution in [2.45, 2.75) is 20.5 Å². The number of carbonyl (C=O) groups excluding carboxylic acids is 1. The lowest BCUT2D eigenvalue weighted by Crippen LogP contribution is -2.48. The third-order valence-corrected chi connectivity index (χ3v) is 6.02. The molecule has 6 heteroatoms. The summed E-state index contributed by atoms with van der Waals surface area (Å²) in [5, 5.41) is 0. The fourth-order valence-corrected chi connectivity index (χ4v) is 4.14. The molecule has 34 heavy (non-hydrogen) atoms. The van der Waals surface area contributed by atoms with Gasteiger partial charge in [0.15, 0.2) is 0 Å². The van der Waals surface area contributed by atoms with Crippen molar-refractivity contribution in [3.8, 4) is 17.2 Å². The minimum Gasteiger partial charge on any atom is -0.495 e. The van der Waals surface area contributed by atoms with Crippen molar-refractivity contribution in [1.82, 2.24) is 4.90 Å². The molecule has 0 aromatic heterocycles. The third kappa shape index (κ3) is 5.45. The highest BCUT2D eigenvalue weighted by Gasteiger charge is 2.24. The number of methoxy groups -OCH3 is 1. The Morgan fingerprint density at radius 3 is 2.32 bits per heavy atom. The van der Waals surface area contributed by atoms with Crippen LogP contribution in [0.1, 0.15) is 28.4 Å². The Morgan fingerprint density at radius 1 is 0.882 bits per heavy atom. The molecule has 1 amide bonds. The first-order chi connectivity index (χ1) is 16.6. The lowest BCUT2D eigenvalue weighted by molar-refractivity contribution is 0.0746. The summed E-state index contributed by atoms with van der Waals surface area (Å²) in [6.07, 6.45) is 0. The first-order valence-corrected chi connectivity index (χ1v) is 11.7. The number of anilines is 1. The van der Waals surface area contributed by atoms with Crippen LogP contribution in [0.3, 0.4) is 0 Å². The van der Waals surface area contributed by atoms with Gasteiger partial charge < -0.3 is 24.0 Å². The molecule has 0 spiro atoms. The number of carbonyl (C=O) groups is 1. The van der Waals surface area contributed by atoms with Gasteiger partial charge in [-0.15, -0.1) is 0 Å². The molecule has 3 aromatic carbocycles. The molecule has 1 heterocycles. The molecule has 6 nitrogen and oxygen atoms in total. The number of para-hydroxylation sites is 2. The van der Waals surface area contributed by atoms with Crippen LogP contribution in [0, 0.1) is 6.92 Å². The van der Waals surface area contributed by atoms with Crippen LogP contribution in [-0.2, 0) is 6.61 Å². The molecule has 0 saturated carbocycles. The van der Waals surface area contributed by atoms with Crippen molar-refractivity contribution < 1.29 is 19.0 Å². The molecule has 4 rings (SSSR count). The molecule has 1 fully saturated rings. The van der Waals surface area contributed by atoms with Gasteiger partial charge in [-0.25, -0.2) is 0 Å². The van der Waals surface area contributed by atoms with Crippen molar-refractivity contribution >= 4 is 11.6 Å². The topological polar surface area (TPSA) is 51.2 Å². The second-order valence-corrected chi connectivity index (χ2v) is 8.31. The van der Waals surface area contributed by atoms with E-state index in [1.54, 1.807) is 7.11 Å². The predicted octanol–water partition coefficient (Wildman–Crippen LogP) is 4.94. The number of rotatable bonds is 8. The molecule has 0 N–H and O–H groups in total. The summed E-state index contributed by atoms with van der Waals surface area (Å²) in [7, 11) is 1.69. The Hall–Kier alpha value is -3.67. The zero-order valence-corrected chi connectivity index (χ0v) is 20.1. The van der Waals surface area contributed by atoms with E-state index in [4.69, 9.17) is 14.2 Å². The van der Waals surface area contributed by atoms with Crippen LogP contribution in [0.4, 0.5) is 5.69 Å². The summed E-state index contributed by atoms with van der Waals surface area (Å²) in [6.45, 7) is 7.70. The van der Waals surface area contributed by atoms with E-state index in [2.05, 4.69) is 11.0 Å². The average molecular weight is 461 g/mol. The SMILES string of the molecule is CCOc1ccc(C(=O)N2CCN(c3ccccc3OC)CC2)cc1COc1ccc(C)cc1. The molecule has 0 bridgehead atoms. The van der Waals surface area contributed by atoms with E-state index in [1.807, 2.05) is 79.4 Å². The van der Waals surface area contributed by atoms with Gasteiger partial charge in [0.25, 0.3) is 5.91 Å². The third-order valence-electron chi connectivity index (χ3n) is 6.02. The summed E-state index contributed by atoms with van der Waals surface area (Å²) in [5.74, 6) is 2.41. The molecule has 0 radical (unpaired) electrons. The highest BCUT2D eigenvalue weighted by molar-refractivity contribution is 5.94. The normalized spacial score (nSPS) is 13.5. The van der Waals surface area contributed by atoms with Gasteiger partial charge in [0, 0.05) is 37.3 Å². The summed E-state index contributed by atoms with van der Waals surface area (Å²) in [6, 6.07) is 21.5. The number of hydrogen-bond acceptors (Lipinski definition) is 5. The van der Waals surface area contributed by atoms with E-state index < -0.39 is 0 Å². The fraction of sp³-hybridized carbons (Fsp3) is 0.321. The van der Waals surface area contributed by atoms with Crippen LogP contribution < -0.4 is 19.1 Å². The van der Waals surface area contributed by atoms with Gasteiger partial charge in [0.2, 0.25) is 0 Å². The van der Waals surface area contributed by atoms with Crippen molar-refractivity contribution in [2.75, 3.05) is 44.8 Å². The van der Waals surface area contributed by atoms with E-state index in [-0.39, 0.29) is 5.91 Å². The van der Waals surface area contributed by atoms with E-state index in [0.717, 1.165) is 41.6 Å². The quantitative estimate of drug-likeness (QED) is 0.476. The predicted molar refractivity (Wildman–Crippen MR) is 134 cm³/mol. The van der Waals surface area contributed by atoms with Crippen molar-refractivity contribution in [3.63, 3.8) is 0 Å². The summed E-state index contributed by atoms with van der Waals surface area (Å²) < 4.78 is 17.3. The number of hydrogen-bond donors (Lipinski definition) is 0. The van der Waals surface area contributed by atoms with Crippen LogP contribution in [0.5, 0.6) is 17.2 Å². The lowest BCUT2D eigenvalue weighted by Gasteiger charge is -2.36. The van der Waals surface area contributed by atoms with E-state index in [1.165, 1.54) is 5.56 Å². The van der Waals surface area contributed by atoms with Gasteiger partial charge >= 0.3 is 0 Å². The van der Waals surface area contributed by atoms with Crippen LogP contribution >= 0.6 is 0 Å². The lowest BCUT2D eigenvalue weighted by atomic mass is 10.1. The van der Waals surface area contributed by atoms with Gasteiger partial charge in [-0.1, -0.05) is 29.8 Å². The highest BCUT2D eigenvalue weighted by atomic mass is 16.5. The molecule has 178 valence electrons. The zero-order chi connectivity index (χ0) is 23.9. The number of benzene rings is 3. The maximum absolute atomic E-state index is 13.3. The Balaban J connectivity index is 1.44. The molecule has 1 aliphatic rings. The zero-order valence-electron chi connectivity index (χ0n) is 20.1. The van der Waals surface area contributed by atoms with Crippen molar-refractivity contribution in [1.29, 1.82) is 0 Å². The molecule has 1 saturated heterocycles.